The molecule has 1 fully saturated rings. The standard InChI is InChI=1S/C14H20N2O2/c1-10-13(8-12(15)9-16-10)14(17)18-7-6-11-4-2-3-5-11/h8-9,11H,2-7,15H2,1H3. The van der Waals surface area contributed by atoms with Crippen molar-refractivity contribution in [1.82, 2.24) is 4.98 Å². The van der Waals surface area contributed by atoms with E-state index < -0.39 is 0 Å². The number of ether oxygens (including phenoxy) is 1. The molecule has 1 aromatic rings. The summed E-state index contributed by atoms with van der Waals surface area (Å²) in [5, 5.41) is 0. The number of esters is 1. The Morgan fingerprint density at radius 3 is 2.94 bits per heavy atom. The van der Waals surface area contributed by atoms with Crippen molar-refractivity contribution in [2.45, 2.75) is 39.0 Å². The fourth-order valence-electron chi connectivity index (χ4n) is 2.45. The first-order chi connectivity index (χ1) is 8.66. The van der Waals surface area contributed by atoms with Crippen molar-refractivity contribution in [2.24, 2.45) is 5.92 Å². The molecule has 1 aliphatic carbocycles. The Bertz CT molecular complexity index is 426. The van der Waals surface area contributed by atoms with Crippen molar-refractivity contribution < 1.29 is 9.53 Å². The van der Waals surface area contributed by atoms with E-state index in [1.807, 2.05) is 0 Å². The number of pyridine rings is 1. The number of anilines is 1. The summed E-state index contributed by atoms with van der Waals surface area (Å²) in [4.78, 5) is 15.9. The van der Waals surface area contributed by atoms with E-state index in [4.69, 9.17) is 10.5 Å². The maximum absolute atomic E-state index is 11.9. The molecule has 0 spiro atoms. The molecule has 4 heteroatoms. The van der Waals surface area contributed by atoms with Gasteiger partial charge in [-0.1, -0.05) is 25.7 Å². The molecule has 1 aromatic heterocycles. The van der Waals surface area contributed by atoms with Gasteiger partial charge < -0.3 is 10.5 Å². The topological polar surface area (TPSA) is 65.2 Å². The second-order valence-electron chi connectivity index (χ2n) is 4.98. The highest BCUT2D eigenvalue weighted by atomic mass is 16.5. The molecule has 0 aliphatic heterocycles. The monoisotopic (exact) mass is 248 g/mol. The number of nitrogens with two attached hydrogens (primary N) is 1. The summed E-state index contributed by atoms with van der Waals surface area (Å²) in [6.07, 6.45) is 7.70. The SMILES string of the molecule is Cc1ncc(N)cc1C(=O)OCCC1CCCC1. The molecule has 0 radical (unpaired) electrons. The predicted molar refractivity (Wildman–Crippen MR) is 70.2 cm³/mol. The van der Waals surface area contributed by atoms with E-state index in [0.717, 1.165) is 12.3 Å². The highest BCUT2D eigenvalue weighted by Gasteiger charge is 2.16. The van der Waals surface area contributed by atoms with E-state index in [0.29, 0.717) is 23.6 Å². The van der Waals surface area contributed by atoms with Crippen LogP contribution in [0, 0.1) is 12.8 Å². The number of nitrogen functional groups attached to an aromatic ring is 1. The zero-order valence-electron chi connectivity index (χ0n) is 10.8. The van der Waals surface area contributed by atoms with Crippen LogP contribution in [0.15, 0.2) is 12.3 Å². The average Bonchev–Trinajstić information content (AvgIpc) is 2.85. The smallest absolute Gasteiger partial charge is 0.340 e. The van der Waals surface area contributed by atoms with E-state index in [1.54, 1.807) is 19.2 Å². The van der Waals surface area contributed by atoms with Crippen LogP contribution in [0.5, 0.6) is 0 Å². The van der Waals surface area contributed by atoms with Crippen molar-refractivity contribution in [3.8, 4) is 0 Å². The molecule has 0 bridgehead atoms. The van der Waals surface area contributed by atoms with Crippen molar-refractivity contribution in [3.63, 3.8) is 0 Å². The minimum atomic E-state index is -0.315. The number of rotatable bonds is 4. The predicted octanol–water partition coefficient (Wildman–Crippen LogP) is 2.71. The van der Waals surface area contributed by atoms with Crippen LogP contribution in [0.4, 0.5) is 5.69 Å². The summed E-state index contributed by atoms with van der Waals surface area (Å²) in [5.41, 5.74) is 7.25. The first kappa shape index (κ1) is 12.9. The van der Waals surface area contributed by atoms with Gasteiger partial charge in [-0.15, -0.1) is 0 Å². The molecule has 0 atom stereocenters. The Morgan fingerprint density at radius 2 is 2.22 bits per heavy atom. The molecular formula is C14H20N2O2. The van der Waals surface area contributed by atoms with Gasteiger partial charge in [0.15, 0.2) is 0 Å². The maximum atomic E-state index is 11.9. The maximum Gasteiger partial charge on any atom is 0.340 e. The lowest BCUT2D eigenvalue weighted by Gasteiger charge is -2.10. The zero-order valence-corrected chi connectivity index (χ0v) is 10.8. The molecule has 0 saturated heterocycles. The summed E-state index contributed by atoms with van der Waals surface area (Å²) in [6, 6.07) is 1.63. The molecule has 0 aromatic carbocycles. The Labute approximate surface area is 108 Å². The molecule has 1 heterocycles. The van der Waals surface area contributed by atoms with Gasteiger partial charge in [0.2, 0.25) is 0 Å². The normalized spacial score (nSPS) is 15.8. The second-order valence-corrected chi connectivity index (χ2v) is 4.98. The highest BCUT2D eigenvalue weighted by Crippen LogP contribution is 2.27. The third-order valence-electron chi connectivity index (χ3n) is 3.56. The molecule has 1 aliphatic rings. The van der Waals surface area contributed by atoms with Crippen LogP contribution < -0.4 is 5.73 Å². The van der Waals surface area contributed by atoms with E-state index in [-0.39, 0.29) is 5.97 Å². The molecule has 0 unspecified atom stereocenters. The second kappa shape index (κ2) is 5.85. The van der Waals surface area contributed by atoms with Crippen LogP contribution in [0.1, 0.15) is 48.2 Å². The van der Waals surface area contributed by atoms with Crippen molar-refractivity contribution in [1.29, 1.82) is 0 Å². The lowest BCUT2D eigenvalue weighted by Crippen LogP contribution is -2.11. The average molecular weight is 248 g/mol. The van der Waals surface area contributed by atoms with Gasteiger partial charge in [0, 0.05) is 0 Å². The summed E-state index contributed by atoms with van der Waals surface area (Å²) in [5.74, 6) is 0.420. The molecule has 18 heavy (non-hydrogen) atoms. The van der Waals surface area contributed by atoms with Gasteiger partial charge in [0.1, 0.15) is 0 Å². The summed E-state index contributed by atoms with van der Waals surface area (Å²) in [7, 11) is 0. The van der Waals surface area contributed by atoms with E-state index >= 15 is 0 Å². The molecule has 1 saturated carbocycles. The minimum absolute atomic E-state index is 0.315. The van der Waals surface area contributed by atoms with Crippen LogP contribution in [0.3, 0.4) is 0 Å². The number of hydrogen-bond acceptors (Lipinski definition) is 4. The van der Waals surface area contributed by atoms with Gasteiger partial charge in [0.25, 0.3) is 0 Å². The minimum Gasteiger partial charge on any atom is -0.462 e. The third-order valence-corrected chi connectivity index (χ3v) is 3.56. The first-order valence-electron chi connectivity index (χ1n) is 6.56. The van der Waals surface area contributed by atoms with Gasteiger partial charge in [-0.25, -0.2) is 4.79 Å². The molecule has 2 rings (SSSR count). The van der Waals surface area contributed by atoms with Crippen molar-refractivity contribution in [3.05, 3.63) is 23.5 Å². The zero-order chi connectivity index (χ0) is 13.0. The lowest BCUT2D eigenvalue weighted by molar-refractivity contribution is 0.0482. The number of carbonyl (C=O) groups excluding carboxylic acids is 1. The Morgan fingerprint density at radius 1 is 1.50 bits per heavy atom. The molecule has 98 valence electrons. The Balaban J connectivity index is 1.85. The van der Waals surface area contributed by atoms with Crippen LogP contribution in [-0.4, -0.2) is 17.6 Å². The molecular weight excluding hydrogens is 228 g/mol. The molecule has 2 N–H and O–H groups in total. The summed E-state index contributed by atoms with van der Waals surface area (Å²) >= 11 is 0. The summed E-state index contributed by atoms with van der Waals surface area (Å²) in [6.45, 7) is 2.28. The van der Waals surface area contributed by atoms with Gasteiger partial charge in [-0.3, -0.25) is 4.98 Å². The number of carbonyl (C=O) groups is 1. The van der Waals surface area contributed by atoms with E-state index in [1.165, 1.54) is 25.7 Å². The van der Waals surface area contributed by atoms with E-state index in [2.05, 4.69) is 4.98 Å². The van der Waals surface area contributed by atoms with Crippen LogP contribution >= 0.6 is 0 Å². The molecule has 0 amide bonds. The number of nitrogens with zero attached hydrogens (tertiary/aromatic N) is 1. The number of aromatic nitrogens is 1. The Kier molecular flexibility index (Phi) is 4.18. The van der Waals surface area contributed by atoms with Crippen LogP contribution in [0.25, 0.3) is 0 Å². The number of hydrogen-bond donors (Lipinski definition) is 1. The Hall–Kier alpha value is -1.58. The van der Waals surface area contributed by atoms with Crippen molar-refractivity contribution >= 4 is 11.7 Å². The first-order valence-corrected chi connectivity index (χ1v) is 6.56. The fraction of sp³-hybridized carbons (Fsp3) is 0.571. The highest BCUT2D eigenvalue weighted by molar-refractivity contribution is 5.91. The fourth-order valence-corrected chi connectivity index (χ4v) is 2.45. The summed E-state index contributed by atoms with van der Waals surface area (Å²) < 4.78 is 5.29. The van der Waals surface area contributed by atoms with E-state index in [9.17, 15) is 4.79 Å². The molecule has 4 nitrogen and oxygen atoms in total. The van der Waals surface area contributed by atoms with Gasteiger partial charge in [-0.05, 0) is 25.3 Å². The van der Waals surface area contributed by atoms with Crippen LogP contribution in [-0.2, 0) is 4.74 Å². The largest absolute Gasteiger partial charge is 0.462 e. The van der Waals surface area contributed by atoms with Crippen molar-refractivity contribution in [2.75, 3.05) is 12.3 Å². The van der Waals surface area contributed by atoms with Gasteiger partial charge >= 0.3 is 5.97 Å². The number of aryl methyl sites for hydroxylation is 1. The van der Waals surface area contributed by atoms with Gasteiger partial charge in [-0.2, -0.15) is 0 Å². The van der Waals surface area contributed by atoms with Gasteiger partial charge in [0.05, 0.1) is 29.7 Å². The van der Waals surface area contributed by atoms with Crippen LogP contribution in [0.2, 0.25) is 0 Å². The lowest BCUT2D eigenvalue weighted by atomic mass is 10.1. The third kappa shape index (κ3) is 3.22. The quantitative estimate of drug-likeness (QED) is 0.832.